The van der Waals surface area contributed by atoms with E-state index in [2.05, 4.69) is 62.8 Å². The fraction of sp³-hybridized carbons (Fsp3) is 0.240. The average Bonchev–Trinajstić information content (AvgIpc) is 4.09. The fourth-order valence-corrected chi connectivity index (χ4v) is 6.27. The molecule has 0 amide bonds. The van der Waals surface area contributed by atoms with Gasteiger partial charge in [-0.15, -0.1) is 0 Å². The predicted octanol–water partition coefficient (Wildman–Crippen LogP) is 14.2. The first-order valence-electron chi connectivity index (χ1n) is 20.3. The Bertz CT molecular complexity index is 2960. The first-order valence-corrected chi connectivity index (χ1v) is 20.6. The quantitative estimate of drug-likeness (QED) is 0.142. The van der Waals surface area contributed by atoms with Crippen LogP contribution in [0.25, 0.3) is 55.5 Å². The number of hydrogen-bond donors (Lipinski definition) is 0. The van der Waals surface area contributed by atoms with E-state index in [1.807, 2.05) is 121 Å². The van der Waals surface area contributed by atoms with Crippen molar-refractivity contribution >= 4 is 67.1 Å². The van der Waals surface area contributed by atoms with Gasteiger partial charge in [-0.3, -0.25) is 0 Å². The molecule has 0 aliphatic rings. The molecule has 0 bridgehead atoms. The summed E-state index contributed by atoms with van der Waals surface area (Å²) in [4.78, 5) is 24.7. The third-order valence-electron chi connectivity index (χ3n) is 9.07. The second-order valence-corrected chi connectivity index (χ2v) is 16.1. The standard InChI is InChI=1S/C12H15NO.2C9H9NO.C8H6ClNO.C8H7NO.C4H5NO/c1-8-13-10-7-9(12(2,3)4)5-6-11(10)14-8;1-6-3-4-9-8(5-6)10-7(2)11-9;1-6-3-4-8-9(5-6)11-7(2)10-8;1-5-10-7-4-6(9)2-3-8(7)11-5;1-6-9-7-4-2-3-5-8(7)10-6;1-4-5-2-3-6-4/h5-7H,1-4H3;2*3-5H,1-2H3;2-4H,1H3;2-5H,1H3;2-3H,1H3. The van der Waals surface area contributed by atoms with Crippen LogP contribution < -0.4 is 0 Å². The van der Waals surface area contributed by atoms with E-state index in [1.54, 1.807) is 31.5 Å². The Hall–Kier alpha value is -7.05. The summed E-state index contributed by atoms with van der Waals surface area (Å²) in [6.07, 6.45) is 3.17. The number of benzene rings is 5. The molecule has 12 nitrogen and oxygen atoms in total. The van der Waals surface area contributed by atoms with Gasteiger partial charge >= 0.3 is 0 Å². The SMILES string of the molecule is Cc1ccc2nc(C)oc2c1.Cc1ccc2oc(C)nc2c1.Cc1nc2cc(C(C)(C)C)ccc2o1.Cc1nc2cc(Cl)ccc2o1.Cc1nc2ccccc2o1.Cc1ncco1. The number of aryl methyl sites for hydroxylation is 8. The molecule has 0 saturated carbocycles. The summed E-state index contributed by atoms with van der Waals surface area (Å²) in [6.45, 7) is 21.7. The highest BCUT2D eigenvalue weighted by Crippen LogP contribution is 2.26. The number of fused-ring (bicyclic) bond motifs is 5. The average molecular weight is 867 g/mol. The molecule has 13 heteroatoms. The Morgan fingerprint density at radius 1 is 0.413 bits per heavy atom. The Balaban J connectivity index is 0.000000127. The zero-order valence-electron chi connectivity index (χ0n) is 37.4. The number of nitrogens with zero attached hydrogens (tertiary/aromatic N) is 6. The molecule has 0 saturated heterocycles. The fourth-order valence-electron chi connectivity index (χ4n) is 6.11. The van der Waals surface area contributed by atoms with Gasteiger partial charge in [0.1, 0.15) is 33.8 Å². The molecule has 63 heavy (non-hydrogen) atoms. The smallest absolute Gasteiger partial charge is 0.192 e. The van der Waals surface area contributed by atoms with Crippen molar-refractivity contribution in [2.75, 3.05) is 0 Å². The van der Waals surface area contributed by atoms with Crippen LogP contribution in [0.2, 0.25) is 5.02 Å². The lowest BCUT2D eigenvalue weighted by Gasteiger charge is -2.18. The van der Waals surface area contributed by atoms with E-state index < -0.39 is 0 Å². The van der Waals surface area contributed by atoms with E-state index in [1.165, 1.54) is 16.7 Å². The van der Waals surface area contributed by atoms with E-state index in [4.69, 9.17) is 38.1 Å². The first-order chi connectivity index (χ1) is 30.0. The van der Waals surface area contributed by atoms with Gasteiger partial charge < -0.3 is 26.5 Å². The minimum atomic E-state index is 0.168. The highest BCUT2D eigenvalue weighted by molar-refractivity contribution is 6.31. The van der Waals surface area contributed by atoms with Crippen LogP contribution in [-0.4, -0.2) is 29.9 Å². The third kappa shape index (κ3) is 13.0. The molecule has 6 heterocycles. The van der Waals surface area contributed by atoms with Gasteiger partial charge in [0.2, 0.25) is 0 Å². The van der Waals surface area contributed by atoms with Crippen molar-refractivity contribution in [3.8, 4) is 0 Å². The topological polar surface area (TPSA) is 156 Å². The van der Waals surface area contributed by atoms with Gasteiger partial charge in [-0.05, 0) is 103 Å². The van der Waals surface area contributed by atoms with Crippen molar-refractivity contribution in [1.29, 1.82) is 0 Å². The maximum Gasteiger partial charge on any atom is 0.192 e. The first kappa shape index (κ1) is 45.5. The second-order valence-electron chi connectivity index (χ2n) is 15.7. The summed E-state index contributed by atoms with van der Waals surface area (Å²) in [7, 11) is 0. The van der Waals surface area contributed by atoms with Crippen molar-refractivity contribution in [2.24, 2.45) is 0 Å². The number of halogens is 1. The summed E-state index contributed by atoms with van der Waals surface area (Å²) >= 11 is 5.75. The van der Waals surface area contributed by atoms with Crippen LogP contribution in [0.3, 0.4) is 0 Å². The van der Waals surface area contributed by atoms with Crippen LogP contribution >= 0.6 is 11.6 Å². The van der Waals surface area contributed by atoms with Gasteiger partial charge in [0.15, 0.2) is 63.3 Å². The van der Waals surface area contributed by atoms with Gasteiger partial charge in [-0.1, -0.05) is 62.7 Å². The molecule has 0 aliphatic heterocycles. The Morgan fingerprint density at radius 2 is 0.857 bits per heavy atom. The zero-order chi connectivity index (χ0) is 45.3. The van der Waals surface area contributed by atoms with Crippen LogP contribution in [0.1, 0.15) is 72.8 Å². The summed E-state index contributed by atoms with van der Waals surface area (Å²) < 4.78 is 31.3. The highest BCUT2D eigenvalue weighted by atomic mass is 35.5. The molecular formula is C50H51ClN6O6. The van der Waals surface area contributed by atoms with Gasteiger partial charge in [-0.2, -0.15) is 0 Å². The number of aromatic nitrogens is 6. The van der Waals surface area contributed by atoms with Crippen LogP contribution in [0.15, 0.2) is 136 Å². The van der Waals surface area contributed by atoms with E-state index >= 15 is 0 Å². The maximum atomic E-state index is 5.75. The van der Waals surface area contributed by atoms with E-state index in [0.717, 1.165) is 85.0 Å². The molecule has 0 fully saturated rings. The molecule has 5 aromatic carbocycles. The Labute approximate surface area is 370 Å². The van der Waals surface area contributed by atoms with E-state index in [9.17, 15) is 0 Å². The van der Waals surface area contributed by atoms with Crippen LogP contribution in [0.5, 0.6) is 0 Å². The molecule has 11 rings (SSSR count). The molecule has 0 unspecified atom stereocenters. The van der Waals surface area contributed by atoms with E-state index in [-0.39, 0.29) is 5.41 Å². The summed E-state index contributed by atoms with van der Waals surface area (Å²) in [5.74, 6) is 4.29. The summed E-state index contributed by atoms with van der Waals surface area (Å²) in [5.41, 5.74) is 12.7. The largest absolute Gasteiger partial charge is 0.449 e. The van der Waals surface area contributed by atoms with Crippen molar-refractivity contribution in [2.45, 2.75) is 81.6 Å². The molecule has 0 N–H and O–H groups in total. The minimum absolute atomic E-state index is 0.168. The molecular weight excluding hydrogens is 816 g/mol. The maximum absolute atomic E-state index is 5.75. The van der Waals surface area contributed by atoms with Crippen molar-refractivity contribution < 1.29 is 26.5 Å². The summed E-state index contributed by atoms with van der Waals surface area (Å²) in [6, 6.07) is 31.3. The summed E-state index contributed by atoms with van der Waals surface area (Å²) in [5, 5.41) is 0.686. The van der Waals surface area contributed by atoms with Crippen LogP contribution in [-0.2, 0) is 5.41 Å². The Morgan fingerprint density at radius 3 is 1.38 bits per heavy atom. The predicted molar refractivity (Wildman–Crippen MR) is 248 cm³/mol. The van der Waals surface area contributed by atoms with Crippen molar-refractivity contribution in [3.05, 3.63) is 167 Å². The van der Waals surface area contributed by atoms with Crippen molar-refractivity contribution in [3.63, 3.8) is 0 Å². The third-order valence-corrected chi connectivity index (χ3v) is 9.31. The number of rotatable bonds is 0. The van der Waals surface area contributed by atoms with E-state index in [0.29, 0.717) is 10.9 Å². The monoisotopic (exact) mass is 866 g/mol. The van der Waals surface area contributed by atoms with Gasteiger partial charge in [0.25, 0.3) is 0 Å². The van der Waals surface area contributed by atoms with Gasteiger partial charge in [0, 0.05) is 46.6 Å². The number of para-hydroxylation sites is 2. The molecule has 11 aromatic rings. The lowest BCUT2D eigenvalue weighted by atomic mass is 9.87. The van der Waals surface area contributed by atoms with Gasteiger partial charge in [0.05, 0.1) is 6.20 Å². The minimum Gasteiger partial charge on any atom is -0.449 e. The lowest BCUT2D eigenvalue weighted by molar-refractivity contribution is 0.521. The van der Waals surface area contributed by atoms with Crippen LogP contribution in [0.4, 0.5) is 0 Å². The number of hydrogen-bond acceptors (Lipinski definition) is 12. The Kier molecular flexibility index (Phi) is 14.6. The normalized spacial score (nSPS) is 10.9. The highest BCUT2D eigenvalue weighted by Gasteiger charge is 2.15. The number of oxazole rings is 6. The van der Waals surface area contributed by atoms with Crippen molar-refractivity contribution in [1.82, 2.24) is 29.9 Å². The molecule has 0 radical (unpaired) electrons. The van der Waals surface area contributed by atoms with Crippen LogP contribution in [0, 0.1) is 55.4 Å². The second kappa shape index (κ2) is 20.2. The molecule has 0 spiro atoms. The molecule has 0 atom stereocenters. The zero-order valence-corrected chi connectivity index (χ0v) is 38.2. The lowest BCUT2D eigenvalue weighted by Crippen LogP contribution is -2.10. The molecule has 6 aromatic heterocycles. The molecule has 0 aliphatic carbocycles. The van der Waals surface area contributed by atoms with Gasteiger partial charge in [-0.25, -0.2) is 29.9 Å². The molecule has 324 valence electrons.